The molecule has 1 aliphatic carbocycles. The lowest BCUT2D eigenvalue weighted by atomic mass is 9.90. The summed E-state index contributed by atoms with van der Waals surface area (Å²) in [5.74, 6) is 0.719. The molecule has 2 aromatic carbocycles. The second kappa shape index (κ2) is 8.30. The van der Waals surface area contributed by atoms with Gasteiger partial charge in [0.2, 0.25) is 0 Å². The number of aryl methyl sites for hydroxylation is 2. The van der Waals surface area contributed by atoms with Crippen molar-refractivity contribution in [1.82, 2.24) is 4.98 Å². The minimum Gasteiger partial charge on any atom is -0.493 e. The first-order valence-electron chi connectivity index (χ1n) is 11.3. The molecule has 5 nitrogen and oxygen atoms in total. The number of carbonyl (C=O) groups is 1. The van der Waals surface area contributed by atoms with Crippen LogP contribution in [-0.4, -0.2) is 22.7 Å². The van der Waals surface area contributed by atoms with E-state index in [1.807, 2.05) is 50.2 Å². The number of carboxylic acid groups (broad SMARTS) is 1. The summed E-state index contributed by atoms with van der Waals surface area (Å²) < 4.78 is 12.3. The Labute approximate surface area is 187 Å². The number of fused-ring (bicyclic) bond motifs is 2. The molecule has 0 unspecified atom stereocenters. The van der Waals surface area contributed by atoms with Gasteiger partial charge >= 0.3 is 5.97 Å². The first kappa shape index (κ1) is 20.6. The predicted octanol–water partition coefficient (Wildman–Crippen LogP) is 6.92. The molecule has 0 bridgehead atoms. The smallest absolute Gasteiger partial charge is 0.336 e. The molecular formula is C27H27NO4. The Hall–Kier alpha value is -3.34. The van der Waals surface area contributed by atoms with Gasteiger partial charge in [0.25, 0.3) is 0 Å². The first-order chi connectivity index (χ1) is 15.5. The van der Waals surface area contributed by atoms with E-state index in [1.54, 1.807) is 6.07 Å². The number of carboxylic acids is 1. The largest absolute Gasteiger partial charge is 0.493 e. The molecule has 0 saturated heterocycles. The van der Waals surface area contributed by atoms with Gasteiger partial charge in [0.1, 0.15) is 17.0 Å². The van der Waals surface area contributed by atoms with E-state index in [-0.39, 0.29) is 5.56 Å². The van der Waals surface area contributed by atoms with Gasteiger partial charge in [0, 0.05) is 10.9 Å². The molecule has 1 aliphatic rings. The van der Waals surface area contributed by atoms with Crippen LogP contribution in [0.25, 0.3) is 33.3 Å². The van der Waals surface area contributed by atoms with E-state index in [1.165, 1.54) is 32.1 Å². The molecule has 0 spiro atoms. The number of aromatic nitrogens is 1. The number of ether oxygens (including phenoxy) is 1. The van der Waals surface area contributed by atoms with Crippen molar-refractivity contribution < 1.29 is 19.1 Å². The summed E-state index contributed by atoms with van der Waals surface area (Å²) in [7, 11) is 0. The van der Waals surface area contributed by atoms with Gasteiger partial charge in [-0.15, -0.1) is 0 Å². The highest BCUT2D eigenvalue weighted by molar-refractivity contribution is 6.07. The van der Waals surface area contributed by atoms with Gasteiger partial charge in [-0.25, -0.2) is 9.78 Å². The second-order valence-corrected chi connectivity index (χ2v) is 8.83. The monoisotopic (exact) mass is 429 g/mol. The van der Waals surface area contributed by atoms with E-state index in [0.29, 0.717) is 40.6 Å². The Kier molecular flexibility index (Phi) is 5.33. The van der Waals surface area contributed by atoms with E-state index in [4.69, 9.17) is 14.1 Å². The van der Waals surface area contributed by atoms with Crippen LogP contribution in [0.4, 0.5) is 0 Å². The zero-order valence-corrected chi connectivity index (χ0v) is 18.5. The highest BCUT2D eigenvalue weighted by Crippen LogP contribution is 2.37. The van der Waals surface area contributed by atoms with Gasteiger partial charge in [0.05, 0.1) is 23.1 Å². The first-order valence-corrected chi connectivity index (χ1v) is 11.3. The topological polar surface area (TPSA) is 72.6 Å². The van der Waals surface area contributed by atoms with E-state index < -0.39 is 5.97 Å². The molecular weight excluding hydrogens is 402 g/mol. The third-order valence-corrected chi connectivity index (χ3v) is 6.63. The highest BCUT2D eigenvalue weighted by Gasteiger charge is 2.22. The Balaban J connectivity index is 1.63. The van der Waals surface area contributed by atoms with Crippen molar-refractivity contribution in [3.8, 4) is 17.2 Å². The lowest BCUT2D eigenvalue weighted by Gasteiger charge is -2.22. The van der Waals surface area contributed by atoms with Crippen LogP contribution in [-0.2, 0) is 0 Å². The summed E-state index contributed by atoms with van der Waals surface area (Å²) >= 11 is 0. The quantitative estimate of drug-likeness (QED) is 0.373. The van der Waals surface area contributed by atoms with Crippen molar-refractivity contribution in [3.05, 3.63) is 59.2 Å². The van der Waals surface area contributed by atoms with Crippen molar-refractivity contribution in [2.75, 3.05) is 6.61 Å². The number of furan rings is 1. The van der Waals surface area contributed by atoms with E-state index in [9.17, 15) is 9.90 Å². The van der Waals surface area contributed by atoms with Crippen LogP contribution in [0.2, 0.25) is 0 Å². The highest BCUT2D eigenvalue weighted by atomic mass is 16.5. The summed E-state index contributed by atoms with van der Waals surface area (Å²) in [4.78, 5) is 17.2. The Bertz CT molecular complexity index is 1310. The van der Waals surface area contributed by atoms with Gasteiger partial charge in [0.15, 0.2) is 5.76 Å². The SMILES string of the molecule is Cc1c(-c2cc(C(=O)O)c3c(OCC4CCCCC4)ccc(C)c3n2)oc2ccccc12. The van der Waals surface area contributed by atoms with Crippen LogP contribution >= 0.6 is 0 Å². The maximum Gasteiger partial charge on any atom is 0.336 e. The lowest BCUT2D eigenvalue weighted by molar-refractivity contribution is 0.0698. The average molecular weight is 430 g/mol. The maximum atomic E-state index is 12.3. The van der Waals surface area contributed by atoms with Gasteiger partial charge in [-0.3, -0.25) is 0 Å². The molecule has 1 saturated carbocycles. The van der Waals surface area contributed by atoms with Crippen LogP contribution in [0.3, 0.4) is 0 Å². The average Bonchev–Trinajstić information content (AvgIpc) is 3.15. The summed E-state index contributed by atoms with van der Waals surface area (Å²) in [5.41, 5.74) is 3.97. The van der Waals surface area contributed by atoms with E-state index in [0.717, 1.165) is 22.1 Å². The zero-order valence-electron chi connectivity index (χ0n) is 18.5. The number of aromatic carboxylic acids is 1. The minimum absolute atomic E-state index is 0.187. The fourth-order valence-corrected chi connectivity index (χ4v) is 4.83. The van der Waals surface area contributed by atoms with Crippen molar-refractivity contribution in [2.24, 2.45) is 5.92 Å². The van der Waals surface area contributed by atoms with Gasteiger partial charge in [-0.2, -0.15) is 0 Å². The maximum absolute atomic E-state index is 12.3. The van der Waals surface area contributed by atoms with Crippen molar-refractivity contribution in [1.29, 1.82) is 0 Å². The van der Waals surface area contributed by atoms with E-state index in [2.05, 4.69) is 0 Å². The molecule has 1 fully saturated rings. The molecule has 0 aliphatic heterocycles. The number of rotatable bonds is 5. The summed E-state index contributed by atoms with van der Waals surface area (Å²) in [6.45, 7) is 4.53. The molecule has 2 heterocycles. The molecule has 0 radical (unpaired) electrons. The lowest BCUT2D eigenvalue weighted by Crippen LogP contribution is -2.15. The molecule has 1 N–H and O–H groups in total. The molecule has 0 amide bonds. The molecule has 164 valence electrons. The van der Waals surface area contributed by atoms with Gasteiger partial charge < -0.3 is 14.3 Å². The number of benzene rings is 2. The molecule has 2 aromatic heterocycles. The predicted molar refractivity (Wildman–Crippen MR) is 125 cm³/mol. The minimum atomic E-state index is -1.000. The van der Waals surface area contributed by atoms with Crippen LogP contribution in [0.1, 0.15) is 53.6 Å². The Morgan fingerprint density at radius 3 is 2.66 bits per heavy atom. The number of hydrogen-bond donors (Lipinski definition) is 1. The number of para-hydroxylation sites is 1. The Morgan fingerprint density at radius 2 is 1.91 bits per heavy atom. The fourth-order valence-electron chi connectivity index (χ4n) is 4.83. The van der Waals surface area contributed by atoms with Crippen molar-refractivity contribution in [3.63, 3.8) is 0 Å². The third kappa shape index (κ3) is 3.62. The molecule has 5 heteroatoms. The normalized spacial score (nSPS) is 14.8. The zero-order chi connectivity index (χ0) is 22.2. The van der Waals surface area contributed by atoms with Crippen molar-refractivity contribution >= 4 is 27.8 Å². The standard InChI is InChI=1S/C27H27NO4/c1-16-12-13-23(31-15-18-8-4-3-5-9-18)24-20(27(29)30)14-21(28-25(16)24)26-17(2)19-10-6-7-11-22(19)32-26/h6-7,10-14,18H,3-5,8-9,15H2,1-2H3,(H,29,30). The number of hydrogen-bond acceptors (Lipinski definition) is 4. The fraction of sp³-hybridized carbons (Fsp3) is 0.333. The summed E-state index contributed by atoms with van der Waals surface area (Å²) in [6, 6.07) is 13.2. The van der Waals surface area contributed by atoms with Crippen molar-refractivity contribution in [2.45, 2.75) is 46.0 Å². The third-order valence-electron chi connectivity index (χ3n) is 6.63. The molecule has 0 atom stereocenters. The van der Waals surface area contributed by atoms with Crippen LogP contribution in [0, 0.1) is 19.8 Å². The van der Waals surface area contributed by atoms with Gasteiger partial charge in [-0.05, 0) is 56.4 Å². The van der Waals surface area contributed by atoms with Gasteiger partial charge in [-0.1, -0.05) is 43.5 Å². The molecule has 5 rings (SSSR count). The Morgan fingerprint density at radius 1 is 1.12 bits per heavy atom. The second-order valence-electron chi connectivity index (χ2n) is 8.83. The summed E-state index contributed by atoms with van der Waals surface area (Å²) in [6.07, 6.45) is 6.11. The van der Waals surface area contributed by atoms with Crippen LogP contribution in [0.5, 0.6) is 5.75 Å². The number of nitrogens with zero attached hydrogens (tertiary/aromatic N) is 1. The van der Waals surface area contributed by atoms with Crippen LogP contribution in [0.15, 0.2) is 46.9 Å². The van der Waals surface area contributed by atoms with E-state index >= 15 is 0 Å². The molecule has 32 heavy (non-hydrogen) atoms. The summed E-state index contributed by atoms with van der Waals surface area (Å²) in [5, 5.41) is 11.6. The number of pyridine rings is 1. The van der Waals surface area contributed by atoms with Crippen LogP contribution < -0.4 is 4.74 Å². The molecule has 4 aromatic rings.